The number of hydrogen-bond donors (Lipinski definition) is 2. The first-order valence-corrected chi connectivity index (χ1v) is 9.12. The van der Waals surface area contributed by atoms with Gasteiger partial charge >= 0.3 is 0 Å². The SMILES string of the molecule is CC(C)CCC(=O)NCCCCN1CCC(C(C)CO)CC1. The predicted octanol–water partition coefficient (Wildman–Crippen LogP) is 2.66. The van der Waals surface area contributed by atoms with Gasteiger partial charge in [0.15, 0.2) is 0 Å². The lowest BCUT2D eigenvalue weighted by Gasteiger charge is -2.34. The summed E-state index contributed by atoms with van der Waals surface area (Å²) in [6.07, 6.45) is 6.30. The Morgan fingerprint density at radius 2 is 1.91 bits per heavy atom. The van der Waals surface area contributed by atoms with E-state index < -0.39 is 0 Å². The van der Waals surface area contributed by atoms with Gasteiger partial charge in [0.25, 0.3) is 0 Å². The van der Waals surface area contributed by atoms with Gasteiger partial charge in [0, 0.05) is 19.6 Å². The van der Waals surface area contributed by atoms with Crippen LogP contribution in [0.3, 0.4) is 0 Å². The zero-order valence-corrected chi connectivity index (χ0v) is 14.8. The fourth-order valence-electron chi connectivity index (χ4n) is 3.09. The second kappa shape index (κ2) is 11.0. The maximum atomic E-state index is 11.6. The first kappa shape index (κ1) is 19.4. The molecule has 0 aliphatic carbocycles. The summed E-state index contributed by atoms with van der Waals surface area (Å²) in [6.45, 7) is 11.1. The number of nitrogens with zero attached hydrogens (tertiary/aromatic N) is 1. The molecule has 2 N–H and O–H groups in total. The number of carbonyl (C=O) groups is 1. The van der Waals surface area contributed by atoms with Crippen LogP contribution in [0.5, 0.6) is 0 Å². The highest BCUT2D eigenvalue weighted by Crippen LogP contribution is 2.24. The van der Waals surface area contributed by atoms with E-state index in [4.69, 9.17) is 0 Å². The molecule has 1 unspecified atom stereocenters. The molecule has 1 amide bonds. The monoisotopic (exact) mass is 312 g/mol. The summed E-state index contributed by atoms with van der Waals surface area (Å²) in [6, 6.07) is 0. The molecule has 1 heterocycles. The van der Waals surface area contributed by atoms with Gasteiger partial charge in [-0.3, -0.25) is 4.79 Å². The highest BCUT2D eigenvalue weighted by atomic mass is 16.3. The van der Waals surface area contributed by atoms with E-state index in [0.29, 0.717) is 30.8 Å². The summed E-state index contributed by atoms with van der Waals surface area (Å²) in [4.78, 5) is 14.1. The molecule has 1 aliphatic rings. The lowest BCUT2D eigenvalue weighted by atomic mass is 9.86. The lowest BCUT2D eigenvalue weighted by Crippen LogP contribution is -2.37. The minimum Gasteiger partial charge on any atom is -0.396 e. The molecule has 130 valence electrons. The fraction of sp³-hybridized carbons (Fsp3) is 0.944. The molecule has 4 nitrogen and oxygen atoms in total. The molecule has 1 fully saturated rings. The van der Waals surface area contributed by atoms with Crippen LogP contribution in [-0.4, -0.2) is 48.7 Å². The van der Waals surface area contributed by atoms with Crippen LogP contribution in [-0.2, 0) is 4.79 Å². The van der Waals surface area contributed by atoms with E-state index in [0.717, 1.165) is 45.4 Å². The maximum Gasteiger partial charge on any atom is 0.220 e. The van der Waals surface area contributed by atoms with Gasteiger partial charge in [-0.15, -0.1) is 0 Å². The van der Waals surface area contributed by atoms with Crippen molar-refractivity contribution in [1.82, 2.24) is 10.2 Å². The first-order valence-electron chi connectivity index (χ1n) is 9.12. The van der Waals surface area contributed by atoms with Crippen molar-refractivity contribution in [3.8, 4) is 0 Å². The van der Waals surface area contributed by atoms with Crippen LogP contribution < -0.4 is 5.32 Å². The topological polar surface area (TPSA) is 52.6 Å². The number of amides is 1. The maximum absolute atomic E-state index is 11.6. The number of hydrogen-bond acceptors (Lipinski definition) is 3. The number of carbonyl (C=O) groups excluding carboxylic acids is 1. The van der Waals surface area contributed by atoms with Gasteiger partial charge in [0.1, 0.15) is 0 Å². The van der Waals surface area contributed by atoms with Crippen LogP contribution in [0.1, 0.15) is 59.3 Å². The predicted molar refractivity (Wildman–Crippen MR) is 91.7 cm³/mol. The minimum absolute atomic E-state index is 0.201. The van der Waals surface area contributed by atoms with Gasteiger partial charge in [-0.05, 0) is 69.5 Å². The van der Waals surface area contributed by atoms with Crippen molar-refractivity contribution in [3.05, 3.63) is 0 Å². The van der Waals surface area contributed by atoms with Gasteiger partial charge in [0.2, 0.25) is 5.91 Å². The Bertz CT molecular complexity index is 299. The number of rotatable bonds is 10. The number of aliphatic hydroxyl groups excluding tert-OH is 1. The quantitative estimate of drug-likeness (QED) is 0.610. The summed E-state index contributed by atoms with van der Waals surface area (Å²) < 4.78 is 0. The number of nitrogens with one attached hydrogen (secondary N) is 1. The summed E-state index contributed by atoms with van der Waals surface area (Å²) >= 11 is 0. The van der Waals surface area contributed by atoms with E-state index in [1.54, 1.807) is 0 Å². The third-order valence-corrected chi connectivity index (χ3v) is 4.90. The summed E-state index contributed by atoms with van der Waals surface area (Å²) in [5, 5.41) is 12.2. The zero-order chi connectivity index (χ0) is 16.4. The third kappa shape index (κ3) is 8.14. The largest absolute Gasteiger partial charge is 0.396 e. The van der Waals surface area contributed by atoms with Crippen LogP contribution in [0.15, 0.2) is 0 Å². The summed E-state index contributed by atoms with van der Waals surface area (Å²) in [7, 11) is 0. The van der Waals surface area contributed by atoms with Crippen molar-refractivity contribution in [3.63, 3.8) is 0 Å². The molecule has 0 radical (unpaired) electrons. The second-order valence-electron chi connectivity index (χ2n) is 7.33. The number of piperidine rings is 1. The van der Waals surface area contributed by atoms with Crippen LogP contribution in [0.4, 0.5) is 0 Å². The minimum atomic E-state index is 0.201. The zero-order valence-electron chi connectivity index (χ0n) is 14.8. The van der Waals surface area contributed by atoms with E-state index in [-0.39, 0.29) is 5.91 Å². The Labute approximate surface area is 136 Å². The van der Waals surface area contributed by atoms with Gasteiger partial charge in [-0.2, -0.15) is 0 Å². The van der Waals surface area contributed by atoms with E-state index in [2.05, 4.69) is 31.0 Å². The molecule has 0 bridgehead atoms. The molecule has 0 aromatic heterocycles. The van der Waals surface area contributed by atoms with Gasteiger partial charge in [-0.25, -0.2) is 0 Å². The van der Waals surface area contributed by atoms with Crippen molar-refractivity contribution in [1.29, 1.82) is 0 Å². The van der Waals surface area contributed by atoms with Crippen molar-refractivity contribution in [2.75, 3.05) is 32.8 Å². The summed E-state index contributed by atoms with van der Waals surface area (Å²) in [5.41, 5.74) is 0. The molecular formula is C18H36N2O2. The van der Waals surface area contributed by atoms with Crippen LogP contribution in [0.25, 0.3) is 0 Å². The molecule has 1 rings (SSSR count). The number of unbranched alkanes of at least 4 members (excludes halogenated alkanes) is 1. The Kier molecular flexibility index (Phi) is 9.73. The fourth-order valence-corrected chi connectivity index (χ4v) is 3.09. The van der Waals surface area contributed by atoms with E-state index in [1.807, 2.05) is 0 Å². The number of aliphatic hydroxyl groups is 1. The third-order valence-electron chi connectivity index (χ3n) is 4.90. The highest BCUT2D eigenvalue weighted by Gasteiger charge is 2.22. The van der Waals surface area contributed by atoms with Crippen molar-refractivity contribution in [2.24, 2.45) is 17.8 Å². The molecule has 0 spiro atoms. The lowest BCUT2D eigenvalue weighted by molar-refractivity contribution is -0.121. The molecule has 1 aliphatic heterocycles. The molecule has 0 aromatic carbocycles. The van der Waals surface area contributed by atoms with E-state index in [1.165, 1.54) is 12.8 Å². The Balaban J connectivity index is 1.99. The standard InChI is InChI=1S/C18H36N2O2/c1-15(2)6-7-18(22)19-10-4-5-11-20-12-8-17(9-13-20)16(3)14-21/h15-17,21H,4-14H2,1-3H3,(H,19,22). The Morgan fingerprint density at radius 3 is 2.50 bits per heavy atom. The van der Waals surface area contributed by atoms with Crippen molar-refractivity contribution in [2.45, 2.75) is 59.3 Å². The van der Waals surface area contributed by atoms with Crippen LogP contribution in [0.2, 0.25) is 0 Å². The number of likely N-dealkylation sites (tertiary alicyclic amines) is 1. The van der Waals surface area contributed by atoms with E-state index in [9.17, 15) is 9.90 Å². The molecule has 4 heteroatoms. The van der Waals surface area contributed by atoms with Crippen LogP contribution >= 0.6 is 0 Å². The summed E-state index contributed by atoms with van der Waals surface area (Å²) in [5.74, 6) is 1.94. The molecule has 22 heavy (non-hydrogen) atoms. The Morgan fingerprint density at radius 1 is 1.23 bits per heavy atom. The van der Waals surface area contributed by atoms with Crippen molar-refractivity contribution < 1.29 is 9.90 Å². The molecule has 1 saturated heterocycles. The van der Waals surface area contributed by atoms with Crippen molar-refractivity contribution >= 4 is 5.91 Å². The van der Waals surface area contributed by atoms with E-state index >= 15 is 0 Å². The first-order chi connectivity index (χ1) is 10.5. The molecule has 1 atom stereocenters. The highest BCUT2D eigenvalue weighted by molar-refractivity contribution is 5.75. The normalized spacial score (nSPS) is 18.6. The van der Waals surface area contributed by atoms with Gasteiger partial charge < -0.3 is 15.3 Å². The molecular weight excluding hydrogens is 276 g/mol. The smallest absolute Gasteiger partial charge is 0.220 e. The average Bonchev–Trinajstić information content (AvgIpc) is 2.52. The average molecular weight is 312 g/mol. The Hall–Kier alpha value is -0.610. The van der Waals surface area contributed by atoms with Crippen LogP contribution in [0, 0.1) is 17.8 Å². The second-order valence-corrected chi connectivity index (χ2v) is 7.33. The van der Waals surface area contributed by atoms with Gasteiger partial charge in [-0.1, -0.05) is 20.8 Å². The molecule has 0 saturated carbocycles. The molecule has 0 aromatic rings. The van der Waals surface area contributed by atoms with Gasteiger partial charge in [0.05, 0.1) is 0 Å².